The van der Waals surface area contributed by atoms with Crippen LogP contribution in [0.3, 0.4) is 0 Å². The maximum absolute atomic E-state index is 12.0. The second-order valence-corrected chi connectivity index (χ2v) is 7.66. The summed E-state index contributed by atoms with van der Waals surface area (Å²) >= 11 is 1.50. The van der Waals surface area contributed by atoms with Gasteiger partial charge in [-0.25, -0.2) is 13.2 Å². The standard InChI is InChI=1S/C18H20N3O3S.H2O4S/c1-5-24-18(22)21(3)15-11-17(16(23-4)10-14(15)20-19)25-13-8-6-12(2)7-9-13;1-5(2,3)4/h6-11H,5H2,1-4H3;(H2,1,2,3,4)/q+1;/p-1. The molecular formula is C18H21N3O7S2. The van der Waals surface area contributed by atoms with E-state index in [0.717, 1.165) is 9.79 Å². The van der Waals surface area contributed by atoms with Crippen LogP contribution in [0.5, 0.6) is 5.75 Å². The van der Waals surface area contributed by atoms with Gasteiger partial charge in [-0.3, -0.25) is 9.45 Å². The van der Waals surface area contributed by atoms with Crippen molar-refractivity contribution in [2.45, 2.75) is 23.6 Å². The Balaban J connectivity index is 0.000000804. The van der Waals surface area contributed by atoms with E-state index < -0.39 is 16.5 Å². The molecule has 0 aliphatic rings. The highest BCUT2D eigenvalue weighted by atomic mass is 32.3. The number of aryl methyl sites for hydroxylation is 1. The number of benzene rings is 2. The van der Waals surface area contributed by atoms with Gasteiger partial charge in [-0.15, -0.1) is 0 Å². The van der Waals surface area contributed by atoms with Crippen molar-refractivity contribution in [3.8, 4) is 5.75 Å². The summed E-state index contributed by atoms with van der Waals surface area (Å²) in [6, 6.07) is 11.4. The van der Waals surface area contributed by atoms with Crippen molar-refractivity contribution in [2.24, 2.45) is 0 Å². The molecule has 2 aromatic rings. The summed E-state index contributed by atoms with van der Waals surface area (Å²) in [4.78, 5) is 18.4. The van der Waals surface area contributed by atoms with Crippen LogP contribution >= 0.6 is 11.8 Å². The number of nitrogens with zero attached hydrogens (tertiary/aromatic N) is 3. The van der Waals surface area contributed by atoms with Crippen LogP contribution in [0.2, 0.25) is 0 Å². The molecular weight excluding hydrogens is 434 g/mol. The minimum Gasteiger partial charge on any atom is -0.726 e. The molecule has 0 heterocycles. The normalized spacial score (nSPS) is 10.3. The second-order valence-electron chi connectivity index (χ2n) is 5.69. The second kappa shape index (κ2) is 11.4. The fourth-order valence-corrected chi connectivity index (χ4v) is 3.12. The maximum atomic E-state index is 12.0. The van der Waals surface area contributed by atoms with Gasteiger partial charge in [0.2, 0.25) is 15.8 Å². The number of methoxy groups -OCH3 is 1. The molecule has 0 aliphatic carbocycles. The van der Waals surface area contributed by atoms with E-state index >= 15 is 0 Å². The third-order valence-corrected chi connectivity index (χ3v) is 4.57. The van der Waals surface area contributed by atoms with Gasteiger partial charge < -0.3 is 14.0 Å². The monoisotopic (exact) mass is 455 g/mol. The highest BCUT2D eigenvalue weighted by Crippen LogP contribution is 2.42. The minimum atomic E-state index is -4.92. The first-order chi connectivity index (χ1) is 14.0. The SMILES string of the molecule is CCOC(=O)N(C)c1cc(Sc2ccc(C)cc2)c(OC)cc1[N+]#N.O=S(=O)([O-])O. The first-order valence-electron chi connectivity index (χ1n) is 8.40. The topological polar surface area (TPSA) is 144 Å². The number of carbonyl (C=O) groups is 1. The van der Waals surface area contributed by atoms with Gasteiger partial charge in [0.25, 0.3) is 0 Å². The molecule has 0 atom stereocenters. The lowest BCUT2D eigenvalue weighted by atomic mass is 10.2. The summed E-state index contributed by atoms with van der Waals surface area (Å²) in [5.41, 5.74) is 1.82. The third-order valence-electron chi connectivity index (χ3n) is 3.52. The average Bonchev–Trinajstić information content (AvgIpc) is 2.67. The fraction of sp³-hybridized carbons (Fsp3) is 0.278. The van der Waals surface area contributed by atoms with E-state index in [1.165, 1.54) is 22.2 Å². The van der Waals surface area contributed by atoms with Crippen LogP contribution in [0.25, 0.3) is 4.98 Å². The number of ether oxygens (including phenoxy) is 2. The predicted molar refractivity (Wildman–Crippen MR) is 111 cm³/mol. The summed E-state index contributed by atoms with van der Waals surface area (Å²) in [6.07, 6.45) is -0.524. The molecule has 0 spiro atoms. The molecule has 0 radical (unpaired) electrons. The number of diazo groups is 1. The molecule has 0 bridgehead atoms. The van der Waals surface area contributed by atoms with Gasteiger partial charge in [0.05, 0.1) is 24.7 Å². The quantitative estimate of drug-likeness (QED) is 0.397. The molecule has 0 aromatic heterocycles. The van der Waals surface area contributed by atoms with Gasteiger partial charge in [0.15, 0.2) is 4.98 Å². The van der Waals surface area contributed by atoms with E-state index in [0.29, 0.717) is 11.4 Å². The van der Waals surface area contributed by atoms with E-state index in [4.69, 9.17) is 27.0 Å². The molecule has 2 rings (SSSR count). The molecule has 0 unspecified atom stereocenters. The summed E-state index contributed by atoms with van der Waals surface area (Å²) in [6.45, 7) is 4.02. The third kappa shape index (κ3) is 8.26. The summed E-state index contributed by atoms with van der Waals surface area (Å²) in [5.74, 6) is 0.555. The van der Waals surface area contributed by atoms with Crippen LogP contribution in [0.1, 0.15) is 12.5 Å². The smallest absolute Gasteiger partial charge is 0.414 e. The first kappa shape index (κ1) is 25.2. The van der Waals surface area contributed by atoms with Crippen LogP contribution in [0, 0.1) is 12.3 Å². The Morgan fingerprint density at radius 3 is 2.33 bits per heavy atom. The summed E-state index contributed by atoms with van der Waals surface area (Å²) in [7, 11) is -1.81. The lowest BCUT2D eigenvalue weighted by Crippen LogP contribution is -2.27. The van der Waals surface area contributed by atoms with Crippen molar-refractivity contribution >= 4 is 39.6 Å². The molecule has 162 valence electrons. The van der Waals surface area contributed by atoms with E-state index in [1.54, 1.807) is 33.2 Å². The molecule has 2 aromatic carbocycles. The van der Waals surface area contributed by atoms with E-state index in [-0.39, 0.29) is 12.3 Å². The van der Waals surface area contributed by atoms with Gasteiger partial charge in [0.1, 0.15) is 11.4 Å². The summed E-state index contributed by atoms with van der Waals surface area (Å²) in [5, 5.41) is 9.29. The number of rotatable bonds is 5. The van der Waals surface area contributed by atoms with Crippen molar-refractivity contribution in [2.75, 3.05) is 25.7 Å². The molecule has 1 N–H and O–H groups in total. The van der Waals surface area contributed by atoms with Crippen LogP contribution in [-0.4, -0.2) is 44.4 Å². The average molecular weight is 456 g/mol. The van der Waals surface area contributed by atoms with E-state index in [2.05, 4.69) is 4.98 Å². The zero-order valence-electron chi connectivity index (χ0n) is 16.7. The van der Waals surface area contributed by atoms with Crippen LogP contribution < -0.4 is 9.64 Å². The molecule has 1 amide bonds. The van der Waals surface area contributed by atoms with Crippen LogP contribution in [0.4, 0.5) is 16.2 Å². The first-order valence-corrected chi connectivity index (χ1v) is 10.6. The zero-order chi connectivity index (χ0) is 22.9. The molecule has 30 heavy (non-hydrogen) atoms. The Kier molecular flexibility index (Phi) is 9.54. The predicted octanol–water partition coefficient (Wildman–Crippen LogP) is 4.24. The van der Waals surface area contributed by atoms with Crippen molar-refractivity contribution < 1.29 is 31.8 Å². The van der Waals surface area contributed by atoms with Gasteiger partial charge >= 0.3 is 11.8 Å². The number of hydrogen-bond acceptors (Lipinski definition) is 8. The van der Waals surface area contributed by atoms with Crippen molar-refractivity contribution in [1.29, 1.82) is 5.39 Å². The Bertz CT molecular complexity index is 1010. The maximum Gasteiger partial charge on any atom is 0.414 e. The van der Waals surface area contributed by atoms with Crippen LogP contribution in [-0.2, 0) is 15.1 Å². The highest BCUT2D eigenvalue weighted by molar-refractivity contribution is 7.99. The molecule has 10 nitrogen and oxygen atoms in total. The lowest BCUT2D eigenvalue weighted by Gasteiger charge is -2.16. The van der Waals surface area contributed by atoms with Crippen molar-refractivity contribution in [3.63, 3.8) is 0 Å². The number of amides is 1. The lowest BCUT2D eigenvalue weighted by molar-refractivity contribution is 0.161. The Morgan fingerprint density at radius 1 is 1.30 bits per heavy atom. The molecule has 0 saturated heterocycles. The molecule has 0 aliphatic heterocycles. The summed E-state index contributed by atoms with van der Waals surface area (Å²) < 4.78 is 43.2. The Hall–Kier alpha value is -2.85. The zero-order valence-corrected chi connectivity index (χ0v) is 18.4. The number of anilines is 1. The Morgan fingerprint density at radius 2 is 1.87 bits per heavy atom. The van der Waals surface area contributed by atoms with E-state index in [9.17, 15) is 10.2 Å². The molecule has 0 fully saturated rings. The van der Waals surface area contributed by atoms with Crippen molar-refractivity contribution in [3.05, 3.63) is 46.9 Å². The molecule has 12 heteroatoms. The molecule has 0 saturated carbocycles. The van der Waals surface area contributed by atoms with E-state index in [1.807, 2.05) is 31.2 Å². The Labute approximate surface area is 179 Å². The van der Waals surface area contributed by atoms with Gasteiger partial charge in [-0.2, -0.15) is 0 Å². The largest absolute Gasteiger partial charge is 0.726 e. The van der Waals surface area contributed by atoms with Gasteiger partial charge in [-0.1, -0.05) is 29.5 Å². The number of carbonyl (C=O) groups excluding carboxylic acids is 1. The number of hydrogen-bond donors (Lipinski definition) is 1. The van der Waals surface area contributed by atoms with Crippen molar-refractivity contribution in [1.82, 2.24) is 0 Å². The van der Waals surface area contributed by atoms with Gasteiger partial charge in [0, 0.05) is 11.9 Å². The fourth-order valence-electron chi connectivity index (χ4n) is 2.18. The highest BCUT2D eigenvalue weighted by Gasteiger charge is 2.26. The van der Waals surface area contributed by atoms with Gasteiger partial charge in [-0.05, 0) is 32.0 Å². The minimum absolute atomic E-state index is 0.223. The van der Waals surface area contributed by atoms with Crippen LogP contribution in [0.15, 0.2) is 46.2 Å².